The van der Waals surface area contributed by atoms with E-state index in [4.69, 9.17) is 9.47 Å². The monoisotopic (exact) mass is 587 g/mol. The number of rotatable bonds is 9. The van der Waals surface area contributed by atoms with Crippen molar-refractivity contribution >= 4 is 17.0 Å². The number of halogens is 3. The first-order valence-corrected chi connectivity index (χ1v) is 13.9. The molecule has 1 aliphatic rings. The molecule has 4 heterocycles. The number of hydrogen-bond acceptors (Lipinski definition) is 6. The largest absolute Gasteiger partial charge is 0.444 e. The molecule has 0 spiro atoms. The van der Waals surface area contributed by atoms with Crippen LogP contribution in [0.2, 0.25) is 0 Å². The van der Waals surface area contributed by atoms with Crippen LogP contribution in [0.15, 0.2) is 52.3 Å². The molecule has 10 nitrogen and oxygen atoms in total. The fourth-order valence-corrected chi connectivity index (χ4v) is 5.32. The quantitative estimate of drug-likeness (QED) is 0.272. The van der Waals surface area contributed by atoms with Crippen LogP contribution < -0.4 is 11.2 Å². The number of alkyl halides is 3. The minimum absolute atomic E-state index is 0.0753. The van der Waals surface area contributed by atoms with E-state index in [-0.39, 0.29) is 31.3 Å². The summed E-state index contributed by atoms with van der Waals surface area (Å²) < 4.78 is 56.4. The molecule has 0 unspecified atom stereocenters. The van der Waals surface area contributed by atoms with Gasteiger partial charge in [0.2, 0.25) is 0 Å². The van der Waals surface area contributed by atoms with Crippen molar-refractivity contribution in [3.05, 3.63) is 74.7 Å². The maximum atomic E-state index is 13.6. The number of benzene rings is 1. The molecule has 5 rings (SSSR count). The second-order valence-corrected chi connectivity index (χ2v) is 10.3. The van der Waals surface area contributed by atoms with Crippen molar-refractivity contribution in [2.24, 2.45) is 5.92 Å². The van der Waals surface area contributed by atoms with Crippen molar-refractivity contribution in [2.75, 3.05) is 13.2 Å². The van der Waals surface area contributed by atoms with Crippen LogP contribution in [0.1, 0.15) is 44.2 Å². The molecule has 0 amide bonds. The third-order valence-corrected chi connectivity index (χ3v) is 7.46. The molecular formula is C29H32F3N5O5. The number of fused-ring (bicyclic) bond motifs is 1. The maximum absolute atomic E-state index is 13.6. The van der Waals surface area contributed by atoms with E-state index in [2.05, 4.69) is 5.10 Å². The lowest BCUT2D eigenvalue weighted by atomic mass is 10.0. The number of ether oxygens (including phenoxy) is 2. The Bertz CT molecular complexity index is 1710. The van der Waals surface area contributed by atoms with Crippen molar-refractivity contribution in [1.82, 2.24) is 23.5 Å². The lowest BCUT2D eigenvalue weighted by molar-refractivity contribution is -0.155. The number of carbonyl (C=O) groups is 1. The molecule has 1 fully saturated rings. The Morgan fingerprint density at radius 2 is 1.86 bits per heavy atom. The number of esters is 1. The van der Waals surface area contributed by atoms with E-state index in [1.54, 1.807) is 29.8 Å². The Morgan fingerprint density at radius 1 is 1.10 bits per heavy atom. The summed E-state index contributed by atoms with van der Waals surface area (Å²) in [6, 6.07) is 6.70. The number of aromatic nitrogens is 5. The van der Waals surface area contributed by atoms with Crippen LogP contribution in [0.5, 0.6) is 0 Å². The Labute approximate surface area is 238 Å². The second-order valence-electron chi connectivity index (χ2n) is 10.3. The van der Waals surface area contributed by atoms with Crippen LogP contribution in [0.3, 0.4) is 0 Å². The number of nitrogens with zero attached hydrogens (tertiary/aromatic N) is 5. The van der Waals surface area contributed by atoms with Crippen LogP contribution in [-0.2, 0) is 46.8 Å². The van der Waals surface area contributed by atoms with Gasteiger partial charge in [-0.05, 0) is 49.9 Å². The normalized spacial score (nSPS) is 14.5. The Balaban J connectivity index is 1.57. The number of aryl methyl sites for hydroxylation is 1. The van der Waals surface area contributed by atoms with E-state index < -0.39 is 29.0 Å². The summed E-state index contributed by atoms with van der Waals surface area (Å²) in [4.78, 5) is 39.7. The van der Waals surface area contributed by atoms with E-state index in [1.165, 1.54) is 26.1 Å². The van der Waals surface area contributed by atoms with Gasteiger partial charge >= 0.3 is 17.8 Å². The topological polar surface area (TPSA) is 102 Å². The molecule has 4 aromatic rings. The summed E-state index contributed by atoms with van der Waals surface area (Å²) in [5.41, 5.74) is 0.358. The van der Waals surface area contributed by atoms with E-state index in [1.807, 2.05) is 6.92 Å². The van der Waals surface area contributed by atoms with Gasteiger partial charge in [0.05, 0.1) is 35.4 Å². The number of carbonyl (C=O) groups excluding carboxylic acids is 1. The van der Waals surface area contributed by atoms with Crippen LogP contribution in [-0.4, -0.2) is 42.7 Å². The smallest absolute Gasteiger partial charge is 0.416 e. The Hall–Kier alpha value is -4.13. The van der Waals surface area contributed by atoms with Gasteiger partial charge in [-0.2, -0.15) is 18.3 Å². The highest BCUT2D eigenvalue weighted by molar-refractivity contribution is 5.83. The molecule has 3 aromatic heterocycles. The van der Waals surface area contributed by atoms with Crippen LogP contribution in [0, 0.1) is 5.92 Å². The van der Waals surface area contributed by atoms with E-state index >= 15 is 0 Å². The molecular weight excluding hydrogens is 555 g/mol. The van der Waals surface area contributed by atoms with Crippen LogP contribution >= 0.6 is 0 Å². The molecule has 0 N–H and O–H groups in total. The molecule has 42 heavy (non-hydrogen) atoms. The molecule has 0 atom stereocenters. The van der Waals surface area contributed by atoms with Gasteiger partial charge in [0.25, 0.3) is 5.56 Å². The van der Waals surface area contributed by atoms with Gasteiger partial charge in [0.15, 0.2) is 6.73 Å². The fraction of sp³-hybridized carbons (Fsp3) is 0.448. The molecule has 0 aliphatic carbocycles. The first-order chi connectivity index (χ1) is 20.1. The zero-order chi connectivity index (χ0) is 30.0. The van der Waals surface area contributed by atoms with Gasteiger partial charge in [-0.1, -0.05) is 19.1 Å². The first kappa shape index (κ1) is 29.4. The van der Waals surface area contributed by atoms with Crippen molar-refractivity contribution in [3.8, 4) is 11.3 Å². The van der Waals surface area contributed by atoms with E-state index in [9.17, 15) is 27.6 Å². The van der Waals surface area contributed by atoms with Gasteiger partial charge in [0.1, 0.15) is 5.52 Å². The summed E-state index contributed by atoms with van der Waals surface area (Å²) in [6.07, 6.45) is 0.354. The summed E-state index contributed by atoms with van der Waals surface area (Å²) >= 11 is 0. The molecule has 224 valence electrons. The molecule has 1 aliphatic heterocycles. The highest BCUT2D eigenvalue weighted by atomic mass is 19.4. The predicted molar refractivity (Wildman–Crippen MR) is 148 cm³/mol. The highest BCUT2D eigenvalue weighted by Crippen LogP contribution is 2.30. The van der Waals surface area contributed by atoms with E-state index in [0.29, 0.717) is 61.4 Å². The molecule has 0 saturated carbocycles. The predicted octanol–water partition coefficient (Wildman–Crippen LogP) is 4.25. The molecule has 0 bridgehead atoms. The molecule has 0 radical (unpaired) electrons. The van der Waals surface area contributed by atoms with Gasteiger partial charge in [-0.3, -0.25) is 23.4 Å². The first-order valence-electron chi connectivity index (χ1n) is 13.9. The van der Waals surface area contributed by atoms with Crippen LogP contribution in [0.4, 0.5) is 13.2 Å². The summed E-state index contributed by atoms with van der Waals surface area (Å²) in [6.45, 7) is 4.94. The molecule has 13 heteroatoms. The average Bonchev–Trinajstić information content (AvgIpc) is 3.59. The zero-order valence-electron chi connectivity index (χ0n) is 23.4. The lowest BCUT2D eigenvalue weighted by Crippen LogP contribution is -2.40. The standard InChI is InChI=1S/C29H32F3N5O5/c1-3-10-36-26(38)25-24(35(4-2)28(36)40)14-23(37(25)18-42-27(39)20-8-11-41-12-9-20)21-15-33-34(17-21)16-19-6-5-7-22(13-19)29(30,31)32/h5-7,13-15,17,20H,3-4,8-12,16,18H2,1-2H3. The maximum Gasteiger partial charge on any atom is 0.416 e. The van der Waals surface area contributed by atoms with Gasteiger partial charge in [-0.15, -0.1) is 0 Å². The van der Waals surface area contributed by atoms with Crippen molar-refractivity contribution in [3.63, 3.8) is 0 Å². The summed E-state index contributed by atoms with van der Waals surface area (Å²) in [7, 11) is 0. The average molecular weight is 588 g/mol. The summed E-state index contributed by atoms with van der Waals surface area (Å²) in [5, 5.41) is 4.34. The minimum atomic E-state index is -4.46. The Morgan fingerprint density at radius 3 is 2.55 bits per heavy atom. The molecule has 1 saturated heterocycles. The zero-order valence-corrected chi connectivity index (χ0v) is 23.4. The van der Waals surface area contributed by atoms with E-state index in [0.717, 1.165) is 12.1 Å². The van der Waals surface area contributed by atoms with Crippen LogP contribution in [0.25, 0.3) is 22.3 Å². The lowest BCUT2D eigenvalue weighted by Gasteiger charge is -2.21. The third kappa shape index (κ3) is 5.78. The fourth-order valence-electron chi connectivity index (χ4n) is 5.32. The van der Waals surface area contributed by atoms with Crippen molar-refractivity contribution < 1.29 is 27.4 Å². The molecule has 1 aromatic carbocycles. The third-order valence-electron chi connectivity index (χ3n) is 7.46. The van der Waals surface area contributed by atoms with Gasteiger partial charge in [-0.25, -0.2) is 4.79 Å². The van der Waals surface area contributed by atoms with Gasteiger partial charge < -0.3 is 14.0 Å². The van der Waals surface area contributed by atoms with Crippen molar-refractivity contribution in [2.45, 2.75) is 65.7 Å². The summed E-state index contributed by atoms with van der Waals surface area (Å²) in [5.74, 6) is -0.714. The Kier molecular flexibility index (Phi) is 8.39. The van der Waals surface area contributed by atoms with Crippen molar-refractivity contribution in [1.29, 1.82) is 0 Å². The second kappa shape index (κ2) is 12.0. The minimum Gasteiger partial charge on any atom is -0.444 e. The number of hydrogen-bond donors (Lipinski definition) is 0. The SMILES string of the molecule is CCCn1c(=O)c2c(cc(-c3cnn(Cc4cccc(C(F)(F)F)c4)c3)n2COC(=O)C2CCOCC2)n(CC)c1=O. The van der Waals surface area contributed by atoms with Gasteiger partial charge in [0, 0.05) is 38.1 Å². The highest BCUT2D eigenvalue weighted by Gasteiger charge is 2.30.